The third-order valence-corrected chi connectivity index (χ3v) is 3.33. The van der Waals surface area contributed by atoms with Crippen molar-refractivity contribution >= 4 is 11.8 Å². The van der Waals surface area contributed by atoms with Crippen LogP contribution in [0.15, 0.2) is 24.3 Å². The second kappa shape index (κ2) is 3.99. The Morgan fingerprint density at radius 1 is 1.29 bits per heavy atom. The summed E-state index contributed by atoms with van der Waals surface area (Å²) in [5.41, 5.74) is 0.156. The van der Waals surface area contributed by atoms with Gasteiger partial charge in [0.05, 0.1) is 5.97 Å². The molecule has 1 fully saturated rings. The van der Waals surface area contributed by atoms with Gasteiger partial charge in [0.1, 0.15) is 0 Å². The van der Waals surface area contributed by atoms with Gasteiger partial charge in [0.2, 0.25) is 0 Å². The number of aliphatic carboxylic acids is 1. The van der Waals surface area contributed by atoms with Crippen LogP contribution in [0, 0.1) is 5.92 Å². The molecule has 0 spiro atoms. The van der Waals surface area contributed by atoms with Crippen LogP contribution >= 0.6 is 0 Å². The normalized spacial score (nSPS) is 15.6. The van der Waals surface area contributed by atoms with E-state index in [1.807, 2.05) is 0 Å². The van der Waals surface area contributed by atoms with E-state index in [1.165, 1.54) is 0 Å². The molecule has 0 radical (unpaired) electrons. The van der Waals surface area contributed by atoms with Crippen LogP contribution in [0.2, 0.25) is 0 Å². The summed E-state index contributed by atoms with van der Waals surface area (Å²) in [6, 6.07) is 6.88. The molecule has 1 saturated carbocycles. The summed E-state index contributed by atoms with van der Waals surface area (Å²) < 4.78 is 0. The summed E-state index contributed by atoms with van der Waals surface area (Å²) in [5.74, 6) is -0.856. The number of Topliss-reactive ketones (excluding diaryl/α,β-unsaturated/α-hetero) is 1. The highest BCUT2D eigenvalue weighted by Crippen LogP contribution is 2.33. The van der Waals surface area contributed by atoms with Crippen molar-refractivity contribution in [3.63, 3.8) is 0 Å². The zero-order valence-corrected chi connectivity index (χ0v) is 10.0. The number of ketones is 1. The Hall–Kier alpha value is -1.64. The fourth-order valence-electron chi connectivity index (χ4n) is 1.76. The number of benzene rings is 1. The van der Waals surface area contributed by atoms with Gasteiger partial charge in [0.25, 0.3) is 0 Å². The van der Waals surface area contributed by atoms with E-state index in [4.69, 9.17) is 0 Å². The lowest BCUT2D eigenvalue weighted by atomic mass is 9.83. The van der Waals surface area contributed by atoms with Gasteiger partial charge in [-0.2, -0.15) is 0 Å². The zero-order valence-electron chi connectivity index (χ0n) is 10.0. The van der Waals surface area contributed by atoms with E-state index >= 15 is 0 Å². The van der Waals surface area contributed by atoms with Crippen molar-refractivity contribution in [2.24, 2.45) is 5.92 Å². The van der Waals surface area contributed by atoms with Crippen LogP contribution in [0.3, 0.4) is 0 Å². The van der Waals surface area contributed by atoms with Crippen molar-refractivity contribution in [2.45, 2.75) is 32.1 Å². The molecule has 0 amide bonds. The van der Waals surface area contributed by atoms with Gasteiger partial charge < -0.3 is 9.90 Å². The maximum Gasteiger partial charge on any atom is 0.165 e. The fraction of sp³-hybridized carbons (Fsp3) is 0.429. The van der Waals surface area contributed by atoms with E-state index in [-0.39, 0.29) is 11.7 Å². The predicted molar refractivity (Wildman–Crippen MR) is 61.5 cm³/mol. The Kier molecular flexibility index (Phi) is 2.77. The fourth-order valence-corrected chi connectivity index (χ4v) is 1.76. The average molecular weight is 231 g/mol. The SMILES string of the molecule is CC(C)(C(=O)[O-])c1cccc(C(=O)C2CC2)c1. The summed E-state index contributed by atoms with van der Waals surface area (Å²) >= 11 is 0. The van der Waals surface area contributed by atoms with Crippen LogP contribution in [0.25, 0.3) is 0 Å². The minimum atomic E-state index is -1.13. The summed E-state index contributed by atoms with van der Waals surface area (Å²) in [6.07, 6.45) is 1.90. The van der Waals surface area contributed by atoms with Crippen LogP contribution in [-0.4, -0.2) is 11.8 Å². The maximum atomic E-state index is 11.9. The number of hydrogen-bond donors (Lipinski definition) is 0. The molecule has 0 aromatic heterocycles. The molecule has 0 aliphatic heterocycles. The molecular formula is C14H15O3-. The van der Waals surface area contributed by atoms with E-state index in [1.54, 1.807) is 38.1 Å². The summed E-state index contributed by atoms with van der Waals surface area (Å²) in [4.78, 5) is 22.9. The molecule has 0 N–H and O–H groups in total. The van der Waals surface area contributed by atoms with E-state index in [2.05, 4.69) is 0 Å². The second-order valence-corrected chi connectivity index (χ2v) is 5.13. The van der Waals surface area contributed by atoms with Gasteiger partial charge in [0, 0.05) is 16.9 Å². The van der Waals surface area contributed by atoms with Crippen molar-refractivity contribution in [1.29, 1.82) is 0 Å². The second-order valence-electron chi connectivity index (χ2n) is 5.13. The van der Waals surface area contributed by atoms with Crippen molar-refractivity contribution in [1.82, 2.24) is 0 Å². The highest BCUT2D eigenvalue weighted by atomic mass is 16.4. The molecule has 17 heavy (non-hydrogen) atoms. The largest absolute Gasteiger partial charge is 0.549 e. The molecule has 1 aromatic rings. The summed E-state index contributed by atoms with van der Waals surface area (Å²) in [6.45, 7) is 3.17. The average Bonchev–Trinajstić information content (AvgIpc) is 3.12. The van der Waals surface area contributed by atoms with Crippen molar-refractivity contribution < 1.29 is 14.7 Å². The lowest BCUT2D eigenvalue weighted by molar-refractivity contribution is -0.312. The van der Waals surface area contributed by atoms with Crippen molar-refractivity contribution in [2.75, 3.05) is 0 Å². The number of rotatable bonds is 4. The zero-order chi connectivity index (χ0) is 12.6. The minimum Gasteiger partial charge on any atom is -0.549 e. The third-order valence-electron chi connectivity index (χ3n) is 3.33. The van der Waals surface area contributed by atoms with Crippen molar-refractivity contribution in [3.05, 3.63) is 35.4 Å². The van der Waals surface area contributed by atoms with Gasteiger partial charge >= 0.3 is 0 Å². The summed E-state index contributed by atoms with van der Waals surface area (Å²) in [7, 11) is 0. The van der Waals surface area contributed by atoms with Gasteiger partial charge in [0.15, 0.2) is 5.78 Å². The van der Waals surface area contributed by atoms with E-state index in [0.717, 1.165) is 12.8 Å². The summed E-state index contributed by atoms with van der Waals surface area (Å²) in [5, 5.41) is 11.1. The molecule has 0 saturated heterocycles. The smallest absolute Gasteiger partial charge is 0.165 e. The van der Waals surface area contributed by atoms with Gasteiger partial charge in [-0.1, -0.05) is 32.0 Å². The minimum absolute atomic E-state index is 0.126. The van der Waals surface area contributed by atoms with Gasteiger partial charge in [-0.25, -0.2) is 0 Å². The topological polar surface area (TPSA) is 57.2 Å². The van der Waals surface area contributed by atoms with Crippen LogP contribution in [0.1, 0.15) is 42.6 Å². The van der Waals surface area contributed by atoms with Crippen LogP contribution in [-0.2, 0) is 10.2 Å². The number of carbonyl (C=O) groups excluding carboxylic acids is 2. The maximum absolute atomic E-state index is 11.9. The first-order chi connectivity index (χ1) is 7.93. The Morgan fingerprint density at radius 2 is 1.94 bits per heavy atom. The predicted octanol–water partition coefficient (Wildman–Crippen LogP) is 1.31. The molecule has 1 aliphatic carbocycles. The lowest BCUT2D eigenvalue weighted by Gasteiger charge is -2.26. The van der Waals surface area contributed by atoms with Crippen LogP contribution in [0.5, 0.6) is 0 Å². The molecule has 3 nitrogen and oxygen atoms in total. The molecule has 90 valence electrons. The van der Waals surface area contributed by atoms with Crippen molar-refractivity contribution in [3.8, 4) is 0 Å². The molecule has 0 unspecified atom stereocenters. The number of carboxylic acid groups (broad SMARTS) is 1. The first kappa shape index (κ1) is 11.8. The standard InChI is InChI=1S/C14H16O3/c1-14(2,13(16)17)11-5-3-4-10(8-11)12(15)9-6-7-9/h3-5,8-9H,6-7H2,1-2H3,(H,16,17)/p-1. The number of hydrogen-bond acceptors (Lipinski definition) is 3. The molecule has 0 atom stereocenters. The van der Waals surface area contributed by atoms with Gasteiger partial charge in [-0.3, -0.25) is 4.79 Å². The molecular weight excluding hydrogens is 216 g/mol. The van der Waals surface area contributed by atoms with Crippen LogP contribution in [0.4, 0.5) is 0 Å². The monoisotopic (exact) mass is 231 g/mol. The molecule has 1 aromatic carbocycles. The van der Waals surface area contributed by atoms with E-state index < -0.39 is 11.4 Å². The Balaban J connectivity index is 2.34. The number of carboxylic acids is 1. The highest BCUT2D eigenvalue weighted by Gasteiger charge is 2.31. The van der Waals surface area contributed by atoms with E-state index in [9.17, 15) is 14.7 Å². The molecule has 3 heteroatoms. The Morgan fingerprint density at radius 3 is 2.47 bits per heavy atom. The third kappa shape index (κ3) is 2.23. The Bertz CT molecular complexity index is 470. The van der Waals surface area contributed by atoms with Gasteiger partial charge in [-0.05, 0) is 24.5 Å². The number of carbonyl (C=O) groups is 2. The Labute approximate surface area is 100 Å². The lowest BCUT2D eigenvalue weighted by Crippen LogP contribution is -2.41. The molecule has 2 rings (SSSR count). The highest BCUT2D eigenvalue weighted by molar-refractivity contribution is 5.99. The molecule has 0 heterocycles. The first-order valence-corrected chi connectivity index (χ1v) is 5.79. The quantitative estimate of drug-likeness (QED) is 0.734. The molecule has 1 aliphatic rings. The molecule has 0 bridgehead atoms. The first-order valence-electron chi connectivity index (χ1n) is 5.79. The van der Waals surface area contributed by atoms with E-state index in [0.29, 0.717) is 11.1 Å². The van der Waals surface area contributed by atoms with Gasteiger partial charge in [-0.15, -0.1) is 0 Å². The van der Waals surface area contributed by atoms with Crippen LogP contribution < -0.4 is 5.11 Å².